The summed E-state index contributed by atoms with van der Waals surface area (Å²) >= 11 is 0. The van der Waals surface area contributed by atoms with Crippen LogP contribution in [0.4, 0.5) is 0 Å². The normalized spacial score (nSPS) is 22.0. The first-order valence-electron chi connectivity index (χ1n) is 8.52. The maximum absolute atomic E-state index is 12.5. The molecule has 3 rings (SSSR count). The molecule has 2 amide bonds. The quantitative estimate of drug-likeness (QED) is 0.841. The van der Waals surface area contributed by atoms with Crippen LogP contribution in [0, 0.1) is 6.92 Å². The third-order valence-electron chi connectivity index (χ3n) is 4.81. The predicted octanol–water partition coefficient (Wildman–Crippen LogP) is 1.28. The van der Waals surface area contributed by atoms with E-state index in [1.54, 1.807) is 0 Å². The number of rotatable bonds is 3. The lowest BCUT2D eigenvalue weighted by atomic mass is 10.2. The molecule has 1 saturated heterocycles. The Bertz CT molecular complexity index is 597. The summed E-state index contributed by atoms with van der Waals surface area (Å²) in [6.07, 6.45) is 4.14. The van der Waals surface area contributed by atoms with E-state index in [-0.39, 0.29) is 17.9 Å². The van der Waals surface area contributed by atoms with Gasteiger partial charge in [0.2, 0.25) is 11.8 Å². The minimum Gasteiger partial charge on any atom is -0.342 e. The number of carbonyl (C=O) groups excluding carboxylic acids is 2. The Morgan fingerprint density at radius 3 is 2.91 bits per heavy atom. The SMILES string of the molecule is Cc1nnc2n1[C@H](C)CN(C(=O)CCN1CCCCCC1=O)C2. The molecule has 3 heterocycles. The van der Waals surface area contributed by atoms with Crippen LogP contribution in [0.3, 0.4) is 0 Å². The molecule has 7 nitrogen and oxygen atoms in total. The van der Waals surface area contributed by atoms with Crippen molar-refractivity contribution < 1.29 is 9.59 Å². The average Bonchev–Trinajstić information content (AvgIpc) is 2.78. The molecule has 0 radical (unpaired) electrons. The summed E-state index contributed by atoms with van der Waals surface area (Å²) in [6, 6.07) is 0.192. The first kappa shape index (κ1) is 16.0. The number of hydrogen-bond acceptors (Lipinski definition) is 4. The second kappa shape index (κ2) is 6.68. The zero-order valence-corrected chi connectivity index (χ0v) is 14.0. The zero-order valence-electron chi connectivity index (χ0n) is 14.0. The molecule has 0 spiro atoms. The fourth-order valence-electron chi connectivity index (χ4n) is 3.58. The summed E-state index contributed by atoms with van der Waals surface area (Å²) in [5.74, 6) is 2.04. The summed E-state index contributed by atoms with van der Waals surface area (Å²) in [5.41, 5.74) is 0. The van der Waals surface area contributed by atoms with Gasteiger partial charge in [0.25, 0.3) is 0 Å². The van der Waals surface area contributed by atoms with Crippen molar-refractivity contribution in [1.82, 2.24) is 24.6 Å². The van der Waals surface area contributed by atoms with E-state index in [9.17, 15) is 9.59 Å². The minimum atomic E-state index is 0.0980. The lowest BCUT2D eigenvalue weighted by molar-refractivity contribution is -0.135. The van der Waals surface area contributed by atoms with E-state index < -0.39 is 0 Å². The van der Waals surface area contributed by atoms with E-state index in [1.807, 2.05) is 16.7 Å². The monoisotopic (exact) mass is 319 g/mol. The van der Waals surface area contributed by atoms with Gasteiger partial charge in [-0.1, -0.05) is 6.42 Å². The van der Waals surface area contributed by atoms with Crippen LogP contribution in [-0.4, -0.2) is 56.0 Å². The zero-order chi connectivity index (χ0) is 16.4. The van der Waals surface area contributed by atoms with Gasteiger partial charge in [-0.2, -0.15) is 0 Å². The third-order valence-corrected chi connectivity index (χ3v) is 4.81. The number of aromatic nitrogens is 3. The molecule has 126 valence electrons. The van der Waals surface area contributed by atoms with Crippen molar-refractivity contribution in [1.29, 1.82) is 0 Å². The van der Waals surface area contributed by atoms with Crippen LogP contribution in [0.15, 0.2) is 0 Å². The highest BCUT2D eigenvalue weighted by Crippen LogP contribution is 2.21. The van der Waals surface area contributed by atoms with Crippen LogP contribution in [0.25, 0.3) is 0 Å². The van der Waals surface area contributed by atoms with E-state index in [4.69, 9.17) is 0 Å². The molecule has 2 aliphatic heterocycles. The Labute approximate surface area is 136 Å². The summed E-state index contributed by atoms with van der Waals surface area (Å²) in [6.45, 7) is 6.54. The maximum atomic E-state index is 12.5. The van der Waals surface area contributed by atoms with Crippen LogP contribution in [0.5, 0.6) is 0 Å². The van der Waals surface area contributed by atoms with Crippen LogP contribution in [0.1, 0.15) is 56.7 Å². The van der Waals surface area contributed by atoms with Gasteiger partial charge in [-0.15, -0.1) is 10.2 Å². The number of hydrogen-bond donors (Lipinski definition) is 0. The molecule has 0 bridgehead atoms. The fraction of sp³-hybridized carbons (Fsp3) is 0.750. The fourth-order valence-corrected chi connectivity index (χ4v) is 3.58. The second-order valence-corrected chi connectivity index (χ2v) is 6.60. The van der Waals surface area contributed by atoms with Crippen molar-refractivity contribution in [2.24, 2.45) is 0 Å². The Morgan fingerprint density at radius 2 is 2.09 bits per heavy atom. The van der Waals surface area contributed by atoms with Gasteiger partial charge in [0.05, 0.1) is 12.6 Å². The molecule has 0 N–H and O–H groups in total. The Balaban J connectivity index is 1.58. The molecule has 1 fully saturated rings. The molecule has 2 aliphatic rings. The van der Waals surface area contributed by atoms with Gasteiger partial charge in [0.1, 0.15) is 5.82 Å². The number of likely N-dealkylation sites (tertiary alicyclic amines) is 1. The second-order valence-electron chi connectivity index (χ2n) is 6.60. The highest BCUT2D eigenvalue weighted by molar-refractivity contribution is 5.79. The molecule has 0 aliphatic carbocycles. The first-order valence-corrected chi connectivity index (χ1v) is 8.52. The van der Waals surface area contributed by atoms with Crippen molar-refractivity contribution >= 4 is 11.8 Å². The van der Waals surface area contributed by atoms with Crippen molar-refractivity contribution in [2.75, 3.05) is 19.6 Å². The average molecular weight is 319 g/mol. The van der Waals surface area contributed by atoms with Gasteiger partial charge in [-0.25, -0.2) is 0 Å². The molecule has 0 saturated carbocycles. The summed E-state index contributed by atoms with van der Waals surface area (Å²) in [5, 5.41) is 8.27. The van der Waals surface area contributed by atoms with Crippen LogP contribution < -0.4 is 0 Å². The van der Waals surface area contributed by atoms with Crippen molar-refractivity contribution in [3.63, 3.8) is 0 Å². The van der Waals surface area contributed by atoms with Crippen LogP contribution in [-0.2, 0) is 16.1 Å². The molecule has 23 heavy (non-hydrogen) atoms. The van der Waals surface area contributed by atoms with E-state index in [0.29, 0.717) is 32.5 Å². The van der Waals surface area contributed by atoms with Crippen LogP contribution >= 0.6 is 0 Å². The smallest absolute Gasteiger partial charge is 0.224 e. The molecule has 0 unspecified atom stereocenters. The summed E-state index contributed by atoms with van der Waals surface area (Å²) < 4.78 is 2.10. The van der Waals surface area contributed by atoms with E-state index >= 15 is 0 Å². The van der Waals surface area contributed by atoms with E-state index in [0.717, 1.165) is 37.5 Å². The maximum Gasteiger partial charge on any atom is 0.224 e. The highest BCUT2D eigenvalue weighted by atomic mass is 16.2. The largest absolute Gasteiger partial charge is 0.342 e. The summed E-state index contributed by atoms with van der Waals surface area (Å²) in [7, 11) is 0. The van der Waals surface area contributed by atoms with Crippen molar-refractivity contribution in [2.45, 2.75) is 58.5 Å². The molecule has 1 atom stereocenters. The highest BCUT2D eigenvalue weighted by Gasteiger charge is 2.28. The number of nitrogens with zero attached hydrogens (tertiary/aromatic N) is 5. The topological polar surface area (TPSA) is 71.3 Å². The van der Waals surface area contributed by atoms with Crippen molar-refractivity contribution in [3.05, 3.63) is 11.6 Å². The van der Waals surface area contributed by atoms with Gasteiger partial charge in [-0.05, 0) is 26.7 Å². The molecular weight excluding hydrogens is 294 g/mol. The first-order chi connectivity index (χ1) is 11.1. The lowest BCUT2D eigenvalue weighted by Gasteiger charge is -2.33. The summed E-state index contributed by atoms with van der Waals surface area (Å²) in [4.78, 5) is 28.2. The number of fused-ring (bicyclic) bond motifs is 1. The molecular formula is C16H25N5O2. The van der Waals surface area contributed by atoms with Crippen molar-refractivity contribution in [3.8, 4) is 0 Å². The van der Waals surface area contributed by atoms with Gasteiger partial charge in [-0.3, -0.25) is 9.59 Å². The molecule has 1 aromatic rings. The molecule has 7 heteroatoms. The van der Waals surface area contributed by atoms with Crippen LogP contribution in [0.2, 0.25) is 0 Å². The van der Waals surface area contributed by atoms with Gasteiger partial charge < -0.3 is 14.4 Å². The third kappa shape index (κ3) is 3.38. The molecule has 1 aromatic heterocycles. The Hall–Kier alpha value is -1.92. The standard InChI is InChI=1S/C16H25N5O2/c1-12-10-20(11-14-18-17-13(2)21(12)14)16(23)7-9-19-8-5-3-4-6-15(19)22/h12H,3-11H2,1-2H3/t12-/m1/s1. The lowest BCUT2D eigenvalue weighted by Crippen LogP contribution is -2.42. The minimum absolute atomic E-state index is 0.0980. The Morgan fingerprint density at radius 1 is 1.26 bits per heavy atom. The number of amides is 2. The number of carbonyl (C=O) groups is 2. The Kier molecular flexibility index (Phi) is 4.63. The van der Waals surface area contributed by atoms with Gasteiger partial charge in [0, 0.05) is 32.5 Å². The number of aryl methyl sites for hydroxylation is 1. The predicted molar refractivity (Wildman–Crippen MR) is 84.6 cm³/mol. The van der Waals surface area contributed by atoms with Gasteiger partial charge in [0.15, 0.2) is 5.82 Å². The van der Waals surface area contributed by atoms with E-state index in [1.165, 1.54) is 0 Å². The van der Waals surface area contributed by atoms with E-state index in [2.05, 4.69) is 21.7 Å². The van der Waals surface area contributed by atoms with Gasteiger partial charge >= 0.3 is 0 Å². The molecule has 0 aromatic carbocycles.